The molecule has 1 rings (SSSR count). The van der Waals surface area contributed by atoms with Crippen molar-refractivity contribution in [3.05, 3.63) is 0 Å². The molecule has 0 aliphatic heterocycles. The Morgan fingerprint density at radius 2 is 0.750 bits per heavy atom. The highest BCUT2D eigenvalue weighted by Crippen LogP contribution is 2.81. The maximum Gasteiger partial charge on any atom is 0.364 e. The minimum absolute atomic E-state index is 4.30. The Hall–Kier alpha value is 0.360. The molecule has 0 spiro atoms. The van der Waals surface area contributed by atoms with Gasteiger partial charge in [0.1, 0.15) is 12.2 Å². The van der Waals surface area contributed by atoms with Gasteiger partial charge in [-0.15, -0.1) is 0 Å². The van der Waals surface area contributed by atoms with Crippen LogP contribution in [0, 0.1) is 0 Å². The quantitative estimate of drug-likeness (QED) is 0.160. The van der Waals surface area contributed by atoms with E-state index >= 15 is 0 Å². The van der Waals surface area contributed by atoms with E-state index in [1.807, 2.05) is 0 Å². The molecule has 28 heavy (non-hydrogen) atoms. The summed E-state index contributed by atoms with van der Waals surface area (Å²) in [5, 5.41) is 38.9. The maximum atomic E-state index is 11.7. The first-order chi connectivity index (χ1) is 11.8. The van der Waals surface area contributed by atoms with Crippen molar-refractivity contribution in [1.29, 1.82) is 0 Å². The van der Waals surface area contributed by atoms with E-state index in [2.05, 4.69) is 0 Å². The van der Waals surface area contributed by atoms with Gasteiger partial charge in [-0.2, -0.15) is 0 Å². The van der Waals surface area contributed by atoms with Crippen LogP contribution in [0.2, 0.25) is 0 Å². The minimum Gasteiger partial charge on any atom is -0.385 e. The average molecular weight is 500 g/mol. The van der Waals surface area contributed by atoms with Crippen molar-refractivity contribution in [3.63, 3.8) is 0 Å². The van der Waals surface area contributed by atoms with Crippen LogP contribution < -0.4 is 0 Å². The zero-order chi connectivity index (χ0) is 23.2. The number of aliphatic hydroxyl groups is 6. The monoisotopic (exact) mass is 500 g/mol. The molecule has 4 unspecified atom stereocenters. The van der Waals surface area contributed by atoms with Crippen molar-refractivity contribution in [3.8, 4) is 0 Å². The summed E-state index contributed by atoms with van der Waals surface area (Å²) in [7, 11) is -27.8. The minimum atomic E-state index is -7.09. The second-order valence-corrected chi connectivity index (χ2v) is 13.0. The summed E-state index contributed by atoms with van der Waals surface area (Å²) in [5.41, 5.74) is 0. The Balaban J connectivity index is 4.45. The fraction of sp³-hybridized carbons (Fsp3) is 1.00. The van der Waals surface area contributed by atoms with Gasteiger partial charge in [-0.1, -0.05) is 0 Å². The molecule has 168 valence electrons. The van der Waals surface area contributed by atoms with E-state index in [1.54, 1.807) is 0 Å². The fourth-order valence-corrected chi connectivity index (χ4v) is 9.02. The van der Waals surface area contributed by atoms with Gasteiger partial charge in [0.15, 0.2) is 0 Å². The van der Waals surface area contributed by atoms with Crippen LogP contribution in [0.25, 0.3) is 0 Å². The van der Waals surface area contributed by atoms with Crippen LogP contribution in [0.4, 0.5) is 0 Å². The first-order valence-corrected chi connectivity index (χ1v) is 12.7. The van der Waals surface area contributed by atoms with Crippen LogP contribution in [0.1, 0.15) is 0 Å². The van der Waals surface area contributed by atoms with Crippen LogP contribution in [-0.2, 0) is 18.3 Å². The molecule has 1 saturated carbocycles. The van der Waals surface area contributed by atoms with E-state index in [9.17, 15) is 78.3 Å². The third-order valence-electron chi connectivity index (χ3n) is 4.37. The summed E-state index contributed by atoms with van der Waals surface area (Å²) in [6.07, 6.45) is -8.61. The molecule has 0 saturated heterocycles. The van der Waals surface area contributed by atoms with Crippen molar-refractivity contribution < 1.29 is 88.0 Å². The van der Waals surface area contributed by atoms with Gasteiger partial charge in [0.25, 0.3) is 5.34 Å². The van der Waals surface area contributed by atoms with Gasteiger partial charge in [-0.25, -0.2) is 0 Å². The van der Waals surface area contributed by atoms with Gasteiger partial charge in [-0.3, -0.25) is 18.3 Å². The molecule has 14 N–H and O–H groups in total. The van der Waals surface area contributed by atoms with Crippen molar-refractivity contribution >= 4 is 30.4 Å². The molecule has 4 atom stereocenters. The lowest BCUT2D eigenvalue weighted by Crippen LogP contribution is -2.85. The molecule has 1 aliphatic rings. The second-order valence-electron chi connectivity index (χ2n) is 5.89. The fourth-order valence-electron chi connectivity index (χ4n) is 2.87. The van der Waals surface area contributed by atoms with Crippen molar-refractivity contribution in [2.45, 2.75) is 33.6 Å². The molecule has 0 radical (unpaired) electrons. The Labute approximate surface area is 153 Å². The van der Waals surface area contributed by atoms with Crippen molar-refractivity contribution in [1.82, 2.24) is 0 Å². The maximum absolute atomic E-state index is 11.7. The second kappa shape index (κ2) is 6.43. The van der Waals surface area contributed by atoms with Gasteiger partial charge in [0.2, 0.25) is 16.0 Å². The van der Waals surface area contributed by atoms with Gasteiger partial charge in [-0.05, 0) is 0 Å². The largest absolute Gasteiger partial charge is 0.385 e. The van der Waals surface area contributed by atoms with E-state index in [-0.39, 0.29) is 0 Å². The molecule has 22 heteroatoms. The number of aliphatic hydroxyl groups excluding tert-OH is 2. The Morgan fingerprint density at radius 3 is 0.893 bits per heavy atom. The molecule has 0 heterocycles. The van der Waals surface area contributed by atoms with E-state index in [0.29, 0.717) is 0 Å². The van der Waals surface area contributed by atoms with Gasteiger partial charge >= 0.3 is 30.4 Å². The molecule has 0 aromatic heterocycles. The van der Waals surface area contributed by atoms with E-state index in [4.69, 9.17) is 9.79 Å². The topological polar surface area (TPSA) is 352 Å². The van der Waals surface area contributed by atoms with Crippen LogP contribution >= 0.6 is 30.4 Å². The molecule has 0 aromatic carbocycles. The predicted octanol–water partition coefficient (Wildman–Crippen LogP) is -5.81. The van der Waals surface area contributed by atoms with Crippen LogP contribution in [0.5, 0.6) is 0 Å². The third-order valence-corrected chi connectivity index (χ3v) is 10.6. The van der Waals surface area contributed by atoms with Crippen molar-refractivity contribution in [2.75, 3.05) is 0 Å². The highest BCUT2D eigenvalue weighted by atomic mass is 31.2. The van der Waals surface area contributed by atoms with Gasteiger partial charge in [0.05, 0.1) is 0 Å². The molecule has 0 aromatic rings. The smallest absolute Gasteiger partial charge is 0.364 e. The Morgan fingerprint density at radius 1 is 0.500 bits per heavy atom. The Bertz CT molecular complexity index is 800. The Kier molecular flexibility index (Phi) is 6.06. The van der Waals surface area contributed by atoms with E-state index in [0.717, 1.165) is 0 Å². The normalized spacial score (nSPS) is 43.8. The van der Waals surface area contributed by atoms with Gasteiger partial charge < -0.3 is 69.8 Å². The molecular formula is C6H16O18P4. The lowest BCUT2D eigenvalue weighted by molar-refractivity contribution is -0.298. The number of hydrogen-bond donors (Lipinski definition) is 14. The summed E-state index contributed by atoms with van der Waals surface area (Å²) in [4.78, 5) is 73.8. The number of hydrogen-bond acceptors (Lipinski definition) is 10. The summed E-state index contributed by atoms with van der Waals surface area (Å²) in [6.45, 7) is 0. The third kappa shape index (κ3) is 2.76. The molecular weight excluding hydrogens is 484 g/mol. The summed E-state index contributed by atoms with van der Waals surface area (Å²) >= 11 is 0. The van der Waals surface area contributed by atoms with Crippen molar-refractivity contribution in [2.24, 2.45) is 0 Å². The summed E-state index contributed by atoms with van der Waals surface area (Å²) in [6, 6.07) is 0. The summed E-state index contributed by atoms with van der Waals surface area (Å²) < 4.78 is 46.6. The molecule has 1 fully saturated rings. The first kappa shape index (κ1) is 26.4. The lowest BCUT2D eigenvalue weighted by atomic mass is 9.82. The van der Waals surface area contributed by atoms with Gasteiger partial charge in [0, 0.05) is 0 Å². The SMILES string of the molecule is O=P(O)(O)C1(O)C(O)C(O)(P(=O)(O)O)C(O)(P(=O)(O)O)C(O)(P(=O)(O)O)C1O. The first-order valence-electron chi connectivity index (χ1n) is 6.29. The molecule has 18 nitrogen and oxygen atoms in total. The van der Waals surface area contributed by atoms with Crippen LogP contribution in [0.3, 0.4) is 0 Å². The number of rotatable bonds is 4. The molecule has 1 aliphatic carbocycles. The predicted molar refractivity (Wildman–Crippen MR) is 80.0 cm³/mol. The standard InChI is InChI=1S/C6H16O18P4/c7-1-3(9,25(13,14)15)2(8)5(11,27(19,20)21)6(12,28(22,23)24)4(1,10)26(16,17)18/h1-2,7-12H,(H2,13,14,15)(H2,16,17,18)(H2,19,20,21)(H2,22,23,24). The molecule has 0 amide bonds. The zero-order valence-corrected chi connectivity index (χ0v) is 16.4. The van der Waals surface area contributed by atoms with Crippen LogP contribution in [-0.4, -0.2) is 103 Å². The highest BCUT2D eigenvalue weighted by molar-refractivity contribution is 7.61. The highest BCUT2D eigenvalue weighted by Gasteiger charge is 2.94. The average Bonchev–Trinajstić information content (AvgIpc) is 2.44. The lowest BCUT2D eigenvalue weighted by Gasteiger charge is -2.61. The van der Waals surface area contributed by atoms with Crippen LogP contribution in [0.15, 0.2) is 0 Å². The van der Waals surface area contributed by atoms with E-state index in [1.165, 1.54) is 0 Å². The zero-order valence-electron chi connectivity index (χ0n) is 12.8. The van der Waals surface area contributed by atoms with E-state index < -0.39 is 64.0 Å². The summed E-state index contributed by atoms with van der Waals surface area (Å²) in [5.74, 6) is 0. The molecule has 0 bridgehead atoms.